The molecule has 0 fully saturated rings. The zero-order valence-corrected chi connectivity index (χ0v) is 10.2. The van der Waals surface area contributed by atoms with E-state index in [1.165, 1.54) is 23.1 Å². The van der Waals surface area contributed by atoms with Crippen molar-refractivity contribution in [3.8, 4) is 0 Å². The number of nitro groups is 1. The number of likely N-dealkylation sites (N-methyl/N-ethyl adjacent to an activating group) is 1. The van der Waals surface area contributed by atoms with Gasteiger partial charge in [-0.05, 0) is 12.1 Å². The first-order valence-corrected chi connectivity index (χ1v) is 5.17. The molecule has 0 saturated heterocycles. The van der Waals surface area contributed by atoms with Crippen LogP contribution in [0.15, 0.2) is 18.2 Å². The highest BCUT2D eigenvalue weighted by atomic mass is 35.5. The molecule has 1 aromatic rings. The molecule has 0 saturated carbocycles. The molecule has 0 aliphatic carbocycles. The highest BCUT2D eigenvalue weighted by Crippen LogP contribution is 2.27. The van der Waals surface area contributed by atoms with Crippen LogP contribution >= 0.6 is 11.6 Å². The minimum Gasteiger partial charge on any atom is -0.371 e. The van der Waals surface area contributed by atoms with Gasteiger partial charge in [0.1, 0.15) is 5.69 Å². The molecule has 0 unspecified atom stereocenters. The van der Waals surface area contributed by atoms with Crippen LogP contribution in [0.3, 0.4) is 0 Å². The van der Waals surface area contributed by atoms with Gasteiger partial charge in [-0.25, -0.2) is 0 Å². The molecule has 17 heavy (non-hydrogen) atoms. The summed E-state index contributed by atoms with van der Waals surface area (Å²) in [6.45, 7) is -0.0197. The SMILES string of the molecule is CN(C)C(=O)CNc1cc(Cl)ccc1[N+](=O)[O-]. The molecule has 7 heteroatoms. The zero-order chi connectivity index (χ0) is 13.0. The minimum atomic E-state index is -0.529. The van der Waals surface area contributed by atoms with Crippen molar-refractivity contribution in [3.63, 3.8) is 0 Å². The fraction of sp³-hybridized carbons (Fsp3) is 0.300. The molecule has 92 valence electrons. The number of nitrogens with one attached hydrogen (secondary N) is 1. The maximum Gasteiger partial charge on any atom is 0.292 e. The second-order valence-corrected chi connectivity index (χ2v) is 4.00. The van der Waals surface area contributed by atoms with Crippen LogP contribution < -0.4 is 5.32 Å². The van der Waals surface area contributed by atoms with Crippen LogP contribution in [0.1, 0.15) is 0 Å². The third-order valence-electron chi connectivity index (χ3n) is 2.08. The molecule has 0 bridgehead atoms. The predicted octanol–water partition coefficient (Wildman–Crippen LogP) is 1.75. The second kappa shape index (κ2) is 5.49. The highest BCUT2D eigenvalue weighted by Gasteiger charge is 2.14. The van der Waals surface area contributed by atoms with E-state index in [9.17, 15) is 14.9 Å². The molecule has 1 aromatic carbocycles. The predicted molar refractivity (Wildman–Crippen MR) is 65.3 cm³/mol. The quantitative estimate of drug-likeness (QED) is 0.659. The van der Waals surface area contributed by atoms with Crippen LogP contribution in [-0.2, 0) is 4.79 Å². The smallest absolute Gasteiger partial charge is 0.292 e. The van der Waals surface area contributed by atoms with Crippen LogP contribution in [-0.4, -0.2) is 36.4 Å². The molecule has 1 N–H and O–H groups in total. The van der Waals surface area contributed by atoms with Crippen molar-refractivity contribution in [2.24, 2.45) is 0 Å². The zero-order valence-electron chi connectivity index (χ0n) is 9.44. The Balaban J connectivity index is 2.86. The Bertz CT molecular complexity index is 448. The van der Waals surface area contributed by atoms with Gasteiger partial charge in [-0.1, -0.05) is 11.6 Å². The van der Waals surface area contributed by atoms with Crippen molar-refractivity contribution in [1.29, 1.82) is 0 Å². The lowest BCUT2D eigenvalue weighted by molar-refractivity contribution is -0.383. The van der Waals surface area contributed by atoms with Crippen molar-refractivity contribution in [3.05, 3.63) is 33.3 Å². The molecule has 0 spiro atoms. The lowest BCUT2D eigenvalue weighted by Gasteiger charge is -2.11. The Morgan fingerprint density at radius 2 is 2.18 bits per heavy atom. The molecular weight excluding hydrogens is 246 g/mol. The number of carbonyl (C=O) groups is 1. The number of hydrogen-bond donors (Lipinski definition) is 1. The van der Waals surface area contributed by atoms with Gasteiger partial charge in [0.2, 0.25) is 5.91 Å². The van der Waals surface area contributed by atoms with Crippen LogP contribution in [0.25, 0.3) is 0 Å². The first-order valence-electron chi connectivity index (χ1n) is 4.80. The number of nitrogens with zero attached hydrogens (tertiary/aromatic N) is 2. The molecular formula is C10H12ClN3O3. The Kier molecular flexibility index (Phi) is 4.28. The van der Waals surface area contributed by atoms with Crippen LogP contribution in [0, 0.1) is 10.1 Å². The van der Waals surface area contributed by atoms with E-state index in [1.54, 1.807) is 14.1 Å². The van der Waals surface area contributed by atoms with Crippen LogP contribution in [0.4, 0.5) is 11.4 Å². The van der Waals surface area contributed by atoms with E-state index in [1.807, 2.05) is 0 Å². The topological polar surface area (TPSA) is 75.5 Å². The van der Waals surface area contributed by atoms with Crippen molar-refractivity contribution in [2.45, 2.75) is 0 Å². The van der Waals surface area contributed by atoms with Crippen molar-refractivity contribution in [1.82, 2.24) is 4.90 Å². The summed E-state index contributed by atoms with van der Waals surface area (Å²) in [5, 5.41) is 13.8. The summed E-state index contributed by atoms with van der Waals surface area (Å²) >= 11 is 5.74. The summed E-state index contributed by atoms with van der Waals surface area (Å²) in [5.74, 6) is -0.181. The van der Waals surface area contributed by atoms with Gasteiger partial charge in [-0.2, -0.15) is 0 Å². The normalized spacial score (nSPS) is 9.82. The first kappa shape index (κ1) is 13.2. The second-order valence-electron chi connectivity index (χ2n) is 3.56. The number of nitro benzene ring substituents is 1. The van der Waals surface area contributed by atoms with Gasteiger partial charge >= 0.3 is 0 Å². The third kappa shape index (κ3) is 3.60. The van der Waals surface area contributed by atoms with Gasteiger partial charge in [0.05, 0.1) is 11.5 Å². The van der Waals surface area contributed by atoms with Crippen LogP contribution in [0.5, 0.6) is 0 Å². The first-order chi connectivity index (χ1) is 7.91. The maximum absolute atomic E-state index is 11.3. The highest BCUT2D eigenvalue weighted by molar-refractivity contribution is 6.31. The number of benzene rings is 1. The average molecular weight is 258 g/mol. The molecule has 0 radical (unpaired) electrons. The number of amides is 1. The maximum atomic E-state index is 11.3. The lowest BCUT2D eigenvalue weighted by Crippen LogP contribution is -2.28. The van der Waals surface area contributed by atoms with E-state index in [0.29, 0.717) is 5.02 Å². The van der Waals surface area contributed by atoms with Gasteiger partial charge in [0.15, 0.2) is 0 Å². The molecule has 6 nitrogen and oxygen atoms in total. The summed E-state index contributed by atoms with van der Waals surface area (Å²) in [6.07, 6.45) is 0. The van der Waals surface area contributed by atoms with E-state index in [0.717, 1.165) is 0 Å². The Morgan fingerprint density at radius 3 is 2.71 bits per heavy atom. The molecule has 0 aromatic heterocycles. The number of halogens is 1. The number of rotatable bonds is 4. The van der Waals surface area contributed by atoms with E-state index < -0.39 is 4.92 Å². The van der Waals surface area contributed by atoms with E-state index >= 15 is 0 Å². The summed E-state index contributed by atoms with van der Waals surface area (Å²) < 4.78 is 0. The fourth-order valence-corrected chi connectivity index (χ4v) is 1.31. The van der Waals surface area contributed by atoms with Crippen molar-refractivity contribution < 1.29 is 9.72 Å². The Labute approximate surface area is 103 Å². The van der Waals surface area contributed by atoms with Gasteiger partial charge < -0.3 is 10.2 Å². The van der Waals surface area contributed by atoms with Gasteiger partial charge in [-0.3, -0.25) is 14.9 Å². The van der Waals surface area contributed by atoms with Gasteiger partial charge in [-0.15, -0.1) is 0 Å². The fourth-order valence-electron chi connectivity index (χ4n) is 1.14. The van der Waals surface area contributed by atoms with Crippen molar-refractivity contribution in [2.75, 3.05) is 26.0 Å². The molecule has 1 rings (SSSR count). The number of carbonyl (C=O) groups excluding carboxylic acids is 1. The molecule has 0 aliphatic heterocycles. The molecule has 1 amide bonds. The largest absolute Gasteiger partial charge is 0.371 e. The summed E-state index contributed by atoms with van der Waals surface area (Å²) in [4.78, 5) is 22.9. The van der Waals surface area contributed by atoms with Gasteiger partial charge in [0.25, 0.3) is 5.69 Å². The third-order valence-corrected chi connectivity index (χ3v) is 2.32. The van der Waals surface area contributed by atoms with E-state index in [4.69, 9.17) is 11.6 Å². The standard InChI is InChI=1S/C10H12ClN3O3/c1-13(2)10(15)6-12-8-5-7(11)3-4-9(8)14(16)17/h3-5,12H,6H2,1-2H3. The summed E-state index contributed by atoms with van der Waals surface area (Å²) in [6, 6.07) is 4.14. The number of anilines is 1. The van der Waals surface area contributed by atoms with Crippen molar-refractivity contribution >= 4 is 28.9 Å². The monoisotopic (exact) mass is 257 g/mol. The number of hydrogen-bond acceptors (Lipinski definition) is 4. The summed E-state index contributed by atoms with van der Waals surface area (Å²) in [7, 11) is 3.22. The van der Waals surface area contributed by atoms with Gasteiger partial charge in [0, 0.05) is 25.2 Å². The van der Waals surface area contributed by atoms with Crippen LogP contribution in [0.2, 0.25) is 5.02 Å². The molecule has 0 atom stereocenters. The summed E-state index contributed by atoms with van der Waals surface area (Å²) in [5.41, 5.74) is 0.124. The minimum absolute atomic E-state index is 0.0197. The lowest BCUT2D eigenvalue weighted by atomic mass is 10.2. The molecule has 0 heterocycles. The van der Waals surface area contributed by atoms with E-state index in [-0.39, 0.29) is 23.8 Å². The molecule has 0 aliphatic rings. The van der Waals surface area contributed by atoms with E-state index in [2.05, 4.69) is 5.32 Å². The Morgan fingerprint density at radius 1 is 1.53 bits per heavy atom. The average Bonchev–Trinajstić information content (AvgIpc) is 2.25. The Hall–Kier alpha value is -1.82.